The van der Waals surface area contributed by atoms with Crippen molar-refractivity contribution in [2.45, 2.75) is 22.8 Å². The van der Waals surface area contributed by atoms with Crippen LogP contribution in [0.25, 0.3) is 0 Å². The topological polar surface area (TPSA) is 29.1 Å². The third-order valence-electron chi connectivity index (χ3n) is 1.61. The van der Waals surface area contributed by atoms with Gasteiger partial charge in [-0.1, -0.05) is 29.2 Å². The molecule has 0 spiro atoms. The average Bonchev–Trinajstić information content (AvgIpc) is 1.84. The SMILES string of the molecule is C=CC(=O)NC1CC(I)C1. The molecule has 0 saturated heterocycles. The molecule has 1 rings (SSSR count). The largest absolute Gasteiger partial charge is 0.350 e. The van der Waals surface area contributed by atoms with E-state index < -0.39 is 0 Å². The van der Waals surface area contributed by atoms with Crippen LogP contribution in [0.1, 0.15) is 12.8 Å². The standard InChI is InChI=1S/C7H10INO/c1-2-7(10)9-6-3-5(8)4-6/h2,5-6H,1,3-4H2,(H,9,10). The number of hydrogen-bond donors (Lipinski definition) is 1. The predicted molar refractivity (Wildman–Crippen MR) is 49.2 cm³/mol. The van der Waals surface area contributed by atoms with Gasteiger partial charge in [0.05, 0.1) is 0 Å². The third-order valence-corrected chi connectivity index (χ3v) is 2.63. The van der Waals surface area contributed by atoms with Crippen LogP contribution in [0.3, 0.4) is 0 Å². The summed E-state index contributed by atoms with van der Waals surface area (Å²) < 4.78 is 0.757. The highest BCUT2D eigenvalue weighted by Crippen LogP contribution is 2.27. The average molecular weight is 251 g/mol. The maximum absolute atomic E-state index is 10.7. The summed E-state index contributed by atoms with van der Waals surface area (Å²) in [5.74, 6) is -0.0479. The van der Waals surface area contributed by atoms with Crippen molar-refractivity contribution in [2.24, 2.45) is 0 Å². The van der Waals surface area contributed by atoms with Crippen LogP contribution in [0.4, 0.5) is 0 Å². The van der Waals surface area contributed by atoms with E-state index >= 15 is 0 Å². The number of amides is 1. The van der Waals surface area contributed by atoms with E-state index in [1.54, 1.807) is 0 Å². The molecule has 0 aromatic heterocycles. The fraction of sp³-hybridized carbons (Fsp3) is 0.571. The molecule has 0 aromatic rings. The Hall–Kier alpha value is -0.0600. The number of alkyl halides is 1. The Morgan fingerprint density at radius 2 is 2.30 bits per heavy atom. The summed E-state index contributed by atoms with van der Waals surface area (Å²) in [5, 5.41) is 2.83. The number of hydrogen-bond acceptors (Lipinski definition) is 1. The van der Waals surface area contributed by atoms with E-state index in [1.165, 1.54) is 6.08 Å². The molecule has 1 aliphatic carbocycles. The van der Waals surface area contributed by atoms with Crippen LogP contribution in [0, 0.1) is 0 Å². The molecule has 0 aliphatic heterocycles. The molecule has 0 atom stereocenters. The second-order valence-corrected chi connectivity index (χ2v) is 4.24. The normalized spacial score (nSPS) is 30.5. The fourth-order valence-corrected chi connectivity index (χ4v) is 2.15. The number of halogens is 1. The van der Waals surface area contributed by atoms with Gasteiger partial charge in [0, 0.05) is 9.97 Å². The van der Waals surface area contributed by atoms with E-state index in [1.807, 2.05) is 0 Å². The van der Waals surface area contributed by atoms with Crippen molar-refractivity contribution in [3.63, 3.8) is 0 Å². The lowest BCUT2D eigenvalue weighted by molar-refractivity contribution is -0.117. The first-order chi connectivity index (χ1) is 4.72. The van der Waals surface area contributed by atoms with Crippen LogP contribution in [0.15, 0.2) is 12.7 Å². The molecule has 56 valence electrons. The molecule has 0 unspecified atom stereocenters. The Bertz CT molecular complexity index is 152. The minimum atomic E-state index is -0.0479. The summed E-state index contributed by atoms with van der Waals surface area (Å²) in [6, 6.07) is 0.410. The van der Waals surface area contributed by atoms with Crippen LogP contribution in [0.5, 0.6) is 0 Å². The number of nitrogens with one attached hydrogen (secondary N) is 1. The van der Waals surface area contributed by atoms with Crippen molar-refractivity contribution < 1.29 is 4.79 Å². The molecule has 0 heterocycles. The van der Waals surface area contributed by atoms with Crippen LogP contribution in [-0.2, 0) is 4.79 Å². The second-order valence-electron chi connectivity index (χ2n) is 2.48. The van der Waals surface area contributed by atoms with E-state index in [0.29, 0.717) is 6.04 Å². The summed E-state index contributed by atoms with van der Waals surface area (Å²) in [5.41, 5.74) is 0. The zero-order valence-corrected chi connectivity index (χ0v) is 7.80. The molecule has 2 nitrogen and oxygen atoms in total. The minimum Gasteiger partial charge on any atom is -0.350 e. The highest BCUT2D eigenvalue weighted by atomic mass is 127. The predicted octanol–water partition coefficient (Wildman–Crippen LogP) is 1.25. The molecular weight excluding hydrogens is 241 g/mol. The molecule has 3 heteroatoms. The van der Waals surface area contributed by atoms with Crippen LogP contribution < -0.4 is 5.32 Å². The molecule has 1 fully saturated rings. The van der Waals surface area contributed by atoms with Gasteiger partial charge in [0.25, 0.3) is 0 Å². The molecular formula is C7H10INO. The Balaban J connectivity index is 2.16. The van der Waals surface area contributed by atoms with Crippen LogP contribution in [0.2, 0.25) is 0 Å². The van der Waals surface area contributed by atoms with Gasteiger partial charge in [0.15, 0.2) is 0 Å². The first kappa shape index (κ1) is 8.04. The maximum atomic E-state index is 10.7. The van der Waals surface area contributed by atoms with Gasteiger partial charge in [-0.15, -0.1) is 0 Å². The summed E-state index contributed by atoms with van der Waals surface area (Å²) in [4.78, 5) is 10.7. The second kappa shape index (κ2) is 3.37. The molecule has 1 N–H and O–H groups in total. The van der Waals surface area contributed by atoms with Crippen LogP contribution in [-0.4, -0.2) is 15.9 Å². The van der Waals surface area contributed by atoms with Crippen molar-refractivity contribution >= 4 is 28.5 Å². The van der Waals surface area contributed by atoms with Crippen molar-refractivity contribution in [2.75, 3.05) is 0 Å². The molecule has 1 amide bonds. The Labute approximate surface area is 74.2 Å². The van der Waals surface area contributed by atoms with E-state index in [0.717, 1.165) is 16.8 Å². The van der Waals surface area contributed by atoms with Gasteiger partial charge in [0.1, 0.15) is 0 Å². The number of carbonyl (C=O) groups excluding carboxylic acids is 1. The lowest BCUT2D eigenvalue weighted by Gasteiger charge is -2.31. The van der Waals surface area contributed by atoms with Crippen molar-refractivity contribution in [1.82, 2.24) is 5.32 Å². The summed E-state index contributed by atoms with van der Waals surface area (Å²) >= 11 is 2.39. The van der Waals surface area contributed by atoms with Crippen molar-refractivity contribution in [3.8, 4) is 0 Å². The fourth-order valence-electron chi connectivity index (χ4n) is 0.926. The summed E-state index contributed by atoms with van der Waals surface area (Å²) in [7, 11) is 0. The van der Waals surface area contributed by atoms with Gasteiger partial charge in [0.2, 0.25) is 5.91 Å². The highest BCUT2D eigenvalue weighted by molar-refractivity contribution is 14.1. The van der Waals surface area contributed by atoms with Gasteiger partial charge in [-0.05, 0) is 18.9 Å². The molecule has 0 radical (unpaired) electrons. The van der Waals surface area contributed by atoms with Gasteiger partial charge in [-0.25, -0.2) is 0 Å². The lowest BCUT2D eigenvalue weighted by atomic mass is 9.93. The minimum absolute atomic E-state index is 0.0479. The Morgan fingerprint density at radius 1 is 1.70 bits per heavy atom. The number of rotatable bonds is 2. The van der Waals surface area contributed by atoms with Crippen molar-refractivity contribution in [3.05, 3.63) is 12.7 Å². The molecule has 0 bridgehead atoms. The first-order valence-electron chi connectivity index (χ1n) is 3.29. The number of carbonyl (C=O) groups is 1. The summed E-state index contributed by atoms with van der Waals surface area (Å²) in [6.07, 6.45) is 3.54. The monoisotopic (exact) mass is 251 g/mol. The molecule has 1 saturated carbocycles. The van der Waals surface area contributed by atoms with E-state index in [-0.39, 0.29) is 5.91 Å². The van der Waals surface area contributed by atoms with Crippen LogP contribution >= 0.6 is 22.6 Å². The smallest absolute Gasteiger partial charge is 0.243 e. The van der Waals surface area contributed by atoms with Gasteiger partial charge in [-0.3, -0.25) is 4.79 Å². The Kier molecular flexibility index (Phi) is 2.71. The molecule has 0 aromatic carbocycles. The third kappa shape index (κ3) is 1.97. The van der Waals surface area contributed by atoms with Gasteiger partial charge < -0.3 is 5.32 Å². The van der Waals surface area contributed by atoms with Crippen molar-refractivity contribution in [1.29, 1.82) is 0 Å². The zero-order valence-electron chi connectivity index (χ0n) is 5.64. The molecule has 10 heavy (non-hydrogen) atoms. The van der Waals surface area contributed by atoms with Gasteiger partial charge >= 0.3 is 0 Å². The first-order valence-corrected chi connectivity index (χ1v) is 4.54. The highest BCUT2D eigenvalue weighted by Gasteiger charge is 2.26. The quantitative estimate of drug-likeness (QED) is 0.446. The zero-order chi connectivity index (χ0) is 7.56. The lowest BCUT2D eigenvalue weighted by Crippen LogP contribution is -2.43. The maximum Gasteiger partial charge on any atom is 0.243 e. The Morgan fingerprint density at radius 3 is 2.70 bits per heavy atom. The molecule has 1 aliphatic rings. The van der Waals surface area contributed by atoms with E-state index in [2.05, 4.69) is 34.5 Å². The van der Waals surface area contributed by atoms with E-state index in [4.69, 9.17) is 0 Å². The summed E-state index contributed by atoms with van der Waals surface area (Å²) in [6.45, 7) is 3.38. The van der Waals surface area contributed by atoms with E-state index in [9.17, 15) is 4.79 Å². The van der Waals surface area contributed by atoms with Gasteiger partial charge in [-0.2, -0.15) is 0 Å².